The Morgan fingerprint density at radius 1 is 1.29 bits per heavy atom. The zero-order valence-corrected chi connectivity index (χ0v) is 15.1. The van der Waals surface area contributed by atoms with Crippen molar-refractivity contribution >= 4 is 29.3 Å². The normalized spacial score (nSPS) is 11.5. The molecule has 0 saturated heterocycles. The molecular formula is C20H14ClF3N2O2. The molecule has 1 N–H and O–H groups in total. The lowest BCUT2D eigenvalue weighted by Gasteiger charge is -2.10. The number of rotatable bonds is 6. The van der Waals surface area contributed by atoms with Crippen molar-refractivity contribution < 1.29 is 22.7 Å². The second kappa shape index (κ2) is 9.11. The molecule has 0 spiro atoms. The Labute approximate surface area is 164 Å². The average molecular weight is 407 g/mol. The van der Waals surface area contributed by atoms with Gasteiger partial charge in [0.15, 0.2) is 0 Å². The van der Waals surface area contributed by atoms with Crippen molar-refractivity contribution in [3.05, 3.63) is 76.8 Å². The molecule has 144 valence electrons. The molecule has 0 unspecified atom stereocenters. The van der Waals surface area contributed by atoms with E-state index in [1.807, 2.05) is 0 Å². The zero-order chi connectivity index (χ0) is 20.7. The van der Waals surface area contributed by atoms with Crippen molar-refractivity contribution in [2.45, 2.75) is 6.18 Å². The molecule has 0 radical (unpaired) electrons. The minimum Gasteiger partial charge on any atom is -0.489 e. The first-order valence-electron chi connectivity index (χ1n) is 7.88. The molecule has 2 aromatic rings. The number of ether oxygens (including phenoxy) is 1. The van der Waals surface area contributed by atoms with E-state index < -0.39 is 17.6 Å². The van der Waals surface area contributed by atoms with Gasteiger partial charge in [0.1, 0.15) is 24.0 Å². The maximum absolute atomic E-state index is 12.8. The molecule has 0 aromatic heterocycles. The first-order valence-corrected chi connectivity index (χ1v) is 8.26. The van der Waals surface area contributed by atoms with Gasteiger partial charge in [0.25, 0.3) is 5.91 Å². The van der Waals surface area contributed by atoms with Crippen LogP contribution in [0.5, 0.6) is 5.75 Å². The number of nitriles is 1. The Bertz CT molecular complexity index is 963. The molecule has 0 bridgehead atoms. The van der Waals surface area contributed by atoms with Gasteiger partial charge < -0.3 is 10.1 Å². The highest BCUT2D eigenvalue weighted by Gasteiger charge is 2.30. The van der Waals surface area contributed by atoms with Crippen LogP contribution in [-0.2, 0) is 11.0 Å². The van der Waals surface area contributed by atoms with Crippen LogP contribution < -0.4 is 10.1 Å². The number of amides is 1. The standard InChI is InChI=1S/C20H14ClF3N2O2/c1-2-8-28-18-7-6-16(21)10-13(18)9-14(12-25)19(27)26-17-5-3-4-15(11-17)20(22,23)24/h2-7,9-11H,1,8H2,(H,26,27)/b14-9+. The number of anilines is 1. The summed E-state index contributed by atoms with van der Waals surface area (Å²) >= 11 is 5.95. The average Bonchev–Trinajstić information content (AvgIpc) is 2.64. The fourth-order valence-electron chi connectivity index (χ4n) is 2.19. The maximum Gasteiger partial charge on any atom is 0.416 e. The van der Waals surface area contributed by atoms with E-state index in [4.69, 9.17) is 16.3 Å². The van der Waals surface area contributed by atoms with Gasteiger partial charge in [-0.15, -0.1) is 0 Å². The molecular weight excluding hydrogens is 393 g/mol. The van der Waals surface area contributed by atoms with Gasteiger partial charge in [0, 0.05) is 16.3 Å². The van der Waals surface area contributed by atoms with Crippen molar-refractivity contribution in [3.8, 4) is 11.8 Å². The highest BCUT2D eigenvalue weighted by atomic mass is 35.5. The summed E-state index contributed by atoms with van der Waals surface area (Å²) in [5, 5.41) is 11.9. The summed E-state index contributed by atoms with van der Waals surface area (Å²) in [6.07, 6.45) is -1.78. The summed E-state index contributed by atoms with van der Waals surface area (Å²) in [6.45, 7) is 3.73. The van der Waals surface area contributed by atoms with Crippen molar-refractivity contribution in [2.24, 2.45) is 0 Å². The fourth-order valence-corrected chi connectivity index (χ4v) is 2.37. The predicted molar refractivity (Wildman–Crippen MR) is 101 cm³/mol. The third-order valence-corrected chi connectivity index (χ3v) is 3.68. The summed E-state index contributed by atoms with van der Waals surface area (Å²) in [5.74, 6) is -0.500. The van der Waals surface area contributed by atoms with Crippen LogP contribution in [0.25, 0.3) is 6.08 Å². The lowest BCUT2D eigenvalue weighted by molar-refractivity contribution is -0.137. The summed E-state index contributed by atoms with van der Waals surface area (Å²) in [5.41, 5.74) is -0.967. The minimum absolute atomic E-state index is 0.0878. The van der Waals surface area contributed by atoms with Crippen molar-refractivity contribution in [1.82, 2.24) is 0 Å². The molecule has 4 nitrogen and oxygen atoms in total. The van der Waals surface area contributed by atoms with Crippen LogP contribution in [0.4, 0.5) is 18.9 Å². The number of carbonyl (C=O) groups is 1. The summed E-state index contributed by atoms with van der Waals surface area (Å²) in [7, 11) is 0. The van der Waals surface area contributed by atoms with Crippen molar-refractivity contribution in [3.63, 3.8) is 0 Å². The van der Waals surface area contributed by atoms with Gasteiger partial charge in [-0.3, -0.25) is 4.79 Å². The van der Waals surface area contributed by atoms with Crippen molar-refractivity contribution in [1.29, 1.82) is 5.26 Å². The second-order valence-electron chi connectivity index (χ2n) is 5.48. The maximum atomic E-state index is 12.8. The van der Waals surface area contributed by atoms with E-state index in [0.717, 1.165) is 18.2 Å². The van der Waals surface area contributed by atoms with Gasteiger partial charge >= 0.3 is 6.18 Å². The molecule has 28 heavy (non-hydrogen) atoms. The lowest BCUT2D eigenvalue weighted by atomic mass is 10.1. The Kier molecular flexibility index (Phi) is 6.85. The fraction of sp³-hybridized carbons (Fsp3) is 0.100. The molecule has 2 aromatic carbocycles. The lowest BCUT2D eigenvalue weighted by Crippen LogP contribution is -2.14. The van der Waals surface area contributed by atoms with Crippen LogP contribution >= 0.6 is 11.6 Å². The van der Waals surface area contributed by atoms with Gasteiger partial charge in [-0.1, -0.05) is 30.3 Å². The van der Waals surface area contributed by atoms with E-state index in [1.54, 1.807) is 18.2 Å². The summed E-state index contributed by atoms with van der Waals surface area (Å²) < 4.78 is 43.8. The monoisotopic (exact) mass is 406 g/mol. The molecule has 0 heterocycles. The van der Waals surface area contributed by atoms with Gasteiger partial charge in [-0.05, 0) is 42.5 Å². The van der Waals surface area contributed by atoms with E-state index in [1.165, 1.54) is 24.3 Å². The Hall–Kier alpha value is -3.24. The van der Waals surface area contributed by atoms with Crippen LogP contribution in [0.1, 0.15) is 11.1 Å². The highest BCUT2D eigenvalue weighted by molar-refractivity contribution is 6.30. The number of alkyl halides is 3. The Balaban J connectivity index is 2.31. The van der Waals surface area contributed by atoms with E-state index in [2.05, 4.69) is 11.9 Å². The molecule has 0 aliphatic rings. The van der Waals surface area contributed by atoms with E-state index in [9.17, 15) is 23.2 Å². The van der Waals surface area contributed by atoms with Gasteiger partial charge in [0.05, 0.1) is 5.56 Å². The Morgan fingerprint density at radius 3 is 2.68 bits per heavy atom. The van der Waals surface area contributed by atoms with Crippen LogP contribution in [0.15, 0.2) is 60.7 Å². The molecule has 2 rings (SSSR count). The minimum atomic E-state index is -4.55. The smallest absolute Gasteiger partial charge is 0.416 e. The number of benzene rings is 2. The van der Waals surface area contributed by atoms with Crippen LogP contribution in [0.3, 0.4) is 0 Å². The molecule has 0 atom stereocenters. The van der Waals surface area contributed by atoms with Gasteiger partial charge in [-0.2, -0.15) is 18.4 Å². The third-order valence-electron chi connectivity index (χ3n) is 3.44. The topological polar surface area (TPSA) is 62.1 Å². The molecule has 8 heteroatoms. The van der Waals surface area contributed by atoms with Crippen molar-refractivity contribution in [2.75, 3.05) is 11.9 Å². The largest absolute Gasteiger partial charge is 0.489 e. The molecule has 0 aliphatic heterocycles. The number of hydrogen-bond acceptors (Lipinski definition) is 3. The quantitative estimate of drug-likeness (QED) is 0.393. The van der Waals surface area contributed by atoms with E-state index in [0.29, 0.717) is 16.3 Å². The Morgan fingerprint density at radius 2 is 2.04 bits per heavy atom. The third kappa shape index (κ3) is 5.63. The number of carbonyl (C=O) groups excluding carboxylic acids is 1. The van der Waals surface area contributed by atoms with Gasteiger partial charge in [-0.25, -0.2) is 0 Å². The predicted octanol–water partition coefficient (Wildman–Crippen LogP) is 5.47. The highest BCUT2D eigenvalue weighted by Crippen LogP contribution is 2.31. The van der Waals surface area contributed by atoms with Gasteiger partial charge in [0.2, 0.25) is 0 Å². The molecule has 1 amide bonds. The summed E-state index contributed by atoms with van der Waals surface area (Å²) in [4.78, 5) is 12.3. The number of halogens is 4. The number of hydrogen-bond donors (Lipinski definition) is 1. The number of nitrogens with zero attached hydrogens (tertiary/aromatic N) is 1. The van der Waals surface area contributed by atoms with Crippen LogP contribution in [0, 0.1) is 11.3 Å². The van der Waals surface area contributed by atoms with Crippen LogP contribution in [-0.4, -0.2) is 12.5 Å². The first-order chi connectivity index (χ1) is 13.2. The SMILES string of the molecule is C=CCOc1ccc(Cl)cc1/C=C(\C#N)C(=O)Nc1cccc(C(F)(F)F)c1. The molecule has 0 fully saturated rings. The first kappa shape index (κ1) is 21.1. The summed E-state index contributed by atoms with van der Waals surface area (Å²) in [6, 6.07) is 10.5. The van der Waals surface area contributed by atoms with E-state index >= 15 is 0 Å². The number of nitrogens with one attached hydrogen (secondary N) is 1. The molecule has 0 aliphatic carbocycles. The van der Waals surface area contributed by atoms with E-state index in [-0.39, 0.29) is 17.9 Å². The van der Waals surface area contributed by atoms with Crippen LogP contribution in [0.2, 0.25) is 5.02 Å². The molecule has 0 saturated carbocycles. The zero-order valence-electron chi connectivity index (χ0n) is 14.4. The second-order valence-corrected chi connectivity index (χ2v) is 5.92.